The lowest BCUT2D eigenvalue weighted by atomic mass is 9.97. The van der Waals surface area contributed by atoms with Gasteiger partial charge in [0.2, 0.25) is 15.9 Å². The third-order valence-electron chi connectivity index (χ3n) is 5.79. The van der Waals surface area contributed by atoms with Crippen LogP contribution in [0.15, 0.2) is 45.9 Å². The van der Waals surface area contributed by atoms with E-state index in [4.69, 9.17) is 4.42 Å². The van der Waals surface area contributed by atoms with Crippen molar-refractivity contribution < 1.29 is 22.6 Å². The Hall–Kier alpha value is -2.76. The predicted molar refractivity (Wildman–Crippen MR) is 117 cm³/mol. The normalized spacial score (nSPS) is 16.8. The highest BCUT2D eigenvalue weighted by Crippen LogP contribution is 2.28. The fourth-order valence-electron chi connectivity index (χ4n) is 3.84. The first-order valence-electron chi connectivity index (χ1n) is 10.3. The van der Waals surface area contributed by atoms with Gasteiger partial charge in [-0.05, 0) is 51.6 Å². The van der Waals surface area contributed by atoms with Gasteiger partial charge in [0.1, 0.15) is 5.76 Å². The molecule has 1 atom stereocenters. The van der Waals surface area contributed by atoms with E-state index in [0.29, 0.717) is 24.9 Å². The second-order valence-electron chi connectivity index (χ2n) is 8.13. The number of piperidine rings is 1. The number of aryl methyl sites for hydroxylation is 1. The van der Waals surface area contributed by atoms with Gasteiger partial charge in [-0.2, -0.15) is 4.31 Å². The third-order valence-corrected chi connectivity index (χ3v) is 7.83. The molecule has 1 aromatic heterocycles. The number of nitrogens with zero attached hydrogens (tertiary/aromatic N) is 3. The van der Waals surface area contributed by atoms with Crippen LogP contribution in [0.4, 0.5) is 5.69 Å². The zero-order chi connectivity index (χ0) is 23.5. The van der Waals surface area contributed by atoms with Crippen LogP contribution in [-0.4, -0.2) is 62.2 Å². The zero-order valence-corrected chi connectivity index (χ0v) is 19.2. The van der Waals surface area contributed by atoms with Gasteiger partial charge in [0, 0.05) is 37.7 Å². The Balaban J connectivity index is 1.61. The first kappa shape index (κ1) is 23.9. The summed E-state index contributed by atoms with van der Waals surface area (Å²) in [5.74, 6) is 0.336. The molecule has 1 amide bonds. The van der Waals surface area contributed by atoms with Gasteiger partial charge < -0.3 is 9.73 Å². The number of carbonyl (C=O) groups is 1. The molecule has 1 unspecified atom stereocenters. The minimum atomic E-state index is -3.89. The quantitative estimate of drug-likeness (QED) is 0.469. The summed E-state index contributed by atoms with van der Waals surface area (Å²) < 4.78 is 32.9. The van der Waals surface area contributed by atoms with Crippen LogP contribution in [0.1, 0.15) is 30.2 Å². The van der Waals surface area contributed by atoms with E-state index in [1.807, 2.05) is 25.1 Å². The molecule has 1 aliphatic rings. The number of benzene rings is 1. The number of hydrogen-bond donors (Lipinski definition) is 1. The number of carbonyl (C=O) groups excluding carboxylic acids is 1. The van der Waals surface area contributed by atoms with E-state index in [0.717, 1.165) is 11.8 Å². The summed E-state index contributed by atoms with van der Waals surface area (Å²) in [7, 11) is -0.0835. The Morgan fingerprint density at radius 3 is 2.56 bits per heavy atom. The van der Waals surface area contributed by atoms with Crippen LogP contribution in [-0.2, 0) is 14.8 Å². The molecule has 32 heavy (non-hydrogen) atoms. The molecule has 1 saturated heterocycles. The van der Waals surface area contributed by atoms with Crippen LogP contribution < -0.4 is 5.32 Å². The fourth-order valence-corrected chi connectivity index (χ4v) is 5.55. The molecule has 0 bridgehead atoms. The van der Waals surface area contributed by atoms with Crippen LogP contribution in [0.5, 0.6) is 0 Å². The Morgan fingerprint density at radius 2 is 2.00 bits per heavy atom. The Labute approximate surface area is 187 Å². The molecule has 1 N–H and O–H groups in total. The Bertz CT molecular complexity index is 1060. The summed E-state index contributed by atoms with van der Waals surface area (Å²) in [6, 6.07) is 7.37. The molecule has 2 heterocycles. The number of furan rings is 1. The van der Waals surface area contributed by atoms with E-state index in [2.05, 4.69) is 5.32 Å². The van der Waals surface area contributed by atoms with E-state index in [9.17, 15) is 23.3 Å². The molecule has 3 rings (SSSR count). The van der Waals surface area contributed by atoms with Gasteiger partial charge in [-0.1, -0.05) is 6.07 Å². The summed E-state index contributed by atoms with van der Waals surface area (Å²) in [5.41, 5.74) is 0.179. The largest absolute Gasteiger partial charge is 0.468 e. The number of hydrogen-bond acceptors (Lipinski definition) is 7. The van der Waals surface area contributed by atoms with Crippen molar-refractivity contribution in [2.45, 2.75) is 30.7 Å². The summed E-state index contributed by atoms with van der Waals surface area (Å²) in [4.78, 5) is 25.0. The van der Waals surface area contributed by atoms with Crippen molar-refractivity contribution in [1.82, 2.24) is 14.5 Å². The van der Waals surface area contributed by atoms with Crippen LogP contribution in [0.25, 0.3) is 0 Å². The van der Waals surface area contributed by atoms with E-state index in [-0.39, 0.29) is 41.5 Å². The monoisotopic (exact) mass is 464 g/mol. The zero-order valence-electron chi connectivity index (χ0n) is 18.4. The van der Waals surface area contributed by atoms with Crippen molar-refractivity contribution in [3.05, 3.63) is 58.0 Å². The minimum Gasteiger partial charge on any atom is -0.468 e. The SMILES string of the molecule is Cc1ccc([N+](=O)[O-])cc1S(=O)(=O)N1CCC(C(=O)NCC(c2ccco2)N(C)C)CC1. The number of sulfonamides is 1. The van der Waals surface area contributed by atoms with E-state index in [1.165, 1.54) is 16.4 Å². The maximum atomic E-state index is 13.1. The molecule has 0 aliphatic carbocycles. The first-order chi connectivity index (χ1) is 15.1. The molecule has 0 saturated carbocycles. The lowest BCUT2D eigenvalue weighted by Crippen LogP contribution is -2.44. The van der Waals surface area contributed by atoms with Crippen molar-refractivity contribution in [1.29, 1.82) is 0 Å². The third kappa shape index (κ3) is 5.17. The second kappa shape index (κ2) is 9.80. The predicted octanol–water partition coefficient (Wildman–Crippen LogP) is 2.32. The first-order valence-corrected chi connectivity index (χ1v) is 11.8. The Morgan fingerprint density at radius 1 is 1.31 bits per heavy atom. The smallest absolute Gasteiger partial charge is 0.270 e. The van der Waals surface area contributed by atoms with Gasteiger partial charge in [0.15, 0.2) is 0 Å². The number of nitro benzene ring substituents is 1. The van der Waals surface area contributed by atoms with Gasteiger partial charge in [-0.25, -0.2) is 8.42 Å². The summed E-state index contributed by atoms with van der Waals surface area (Å²) in [5, 5.41) is 14.0. The molecule has 1 aliphatic heterocycles. The standard InChI is InChI=1S/C21H28N4O6S/c1-15-6-7-17(25(27)28)13-20(15)32(29,30)24-10-8-16(9-11-24)21(26)22-14-18(23(2)3)19-5-4-12-31-19/h4-7,12-13,16,18H,8-11,14H2,1-3H3,(H,22,26). The molecular formula is C21H28N4O6S. The molecule has 2 aromatic rings. The van der Waals surface area contributed by atoms with E-state index < -0.39 is 14.9 Å². The molecule has 0 radical (unpaired) electrons. The summed E-state index contributed by atoms with van der Waals surface area (Å²) in [6.07, 6.45) is 2.35. The topological polar surface area (TPSA) is 126 Å². The molecule has 10 nitrogen and oxygen atoms in total. The maximum absolute atomic E-state index is 13.1. The molecule has 11 heteroatoms. The number of amides is 1. The van der Waals surface area contributed by atoms with Gasteiger partial charge >= 0.3 is 0 Å². The average Bonchev–Trinajstić information content (AvgIpc) is 3.28. The van der Waals surface area contributed by atoms with Crippen LogP contribution >= 0.6 is 0 Å². The molecule has 1 fully saturated rings. The number of rotatable bonds is 8. The van der Waals surface area contributed by atoms with Crippen molar-refractivity contribution in [3.8, 4) is 0 Å². The lowest BCUT2D eigenvalue weighted by Gasteiger charge is -2.31. The fraction of sp³-hybridized carbons (Fsp3) is 0.476. The molecular weight excluding hydrogens is 436 g/mol. The number of non-ortho nitro benzene ring substituents is 1. The highest BCUT2D eigenvalue weighted by Gasteiger charge is 2.34. The molecule has 1 aromatic carbocycles. The second-order valence-corrected chi connectivity index (χ2v) is 10.0. The lowest BCUT2D eigenvalue weighted by molar-refractivity contribution is -0.385. The van der Waals surface area contributed by atoms with E-state index >= 15 is 0 Å². The van der Waals surface area contributed by atoms with Crippen molar-refractivity contribution in [2.24, 2.45) is 5.92 Å². The number of nitrogens with one attached hydrogen (secondary N) is 1. The van der Waals surface area contributed by atoms with Crippen LogP contribution in [0.3, 0.4) is 0 Å². The average molecular weight is 465 g/mol. The number of nitro groups is 1. The summed E-state index contributed by atoms with van der Waals surface area (Å²) >= 11 is 0. The Kier molecular flexibility index (Phi) is 7.32. The highest BCUT2D eigenvalue weighted by molar-refractivity contribution is 7.89. The van der Waals surface area contributed by atoms with Crippen LogP contribution in [0.2, 0.25) is 0 Å². The van der Waals surface area contributed by atoms with Gasteiger partial charge in [-0.3, -0.25) is 19.8 Å². The van der Waals surface area contributed by atoms with E-state index in [1.54, 1.807) is 19.3 Å². The van der Waals surface area contributed by atoms with Crippen molar-refractivity contribution >= 4 is 21.6 Å². The highest BCUT2D eigenvalue weighted by atomic mass is 32.2. The molecule has 174 valence electrons. The van der Waals surface area contributed by atoms with Crippen molar-refractivity contribution in [3.63, 3.8) is 0 Å². The van der Waals surface area contributed by atoms with Crippen molar-refractivity contribution in [2.75, 3.05) is 33.7 Å². The van der Waals surface area contributed by atoms with Gasteiger partial charge in [0.25, 0.3) is 5.69 Å². The molecule has 0 spiro atoms. The van der Waals surface area contributed by atoms with Crippen LogP contribution in [0, 0.1) is 23.0 Å². The maximum Gasteiger partial charge on any atom is 0.270 e. The van der Waals surface area contributed by atoms with Gasteiger partial charge in [0.05, 0.1) is 22.1 Å². The summed E-state index contributed by atoms with van der Waals surface area (Å²) in [6.45, 7) is 2.34. The number of likely N-dealkylation sites (N-methyl/N-ethyl adjacent to an activating group) is 1. The minimum absolute atomic E-state index is 0.0677. The van der Waals surface area contributed by atoms with Gasteiger partial charge in [-0.15, -0.1) is 0 Å².